The van der Waals surface area contributed by atoms with Gasteiger partial charge in [0.15, 0.2) is 0 Å². The van der Waals surface area contributed by atoms with Crippen LogP contribution in [0.1, 0.15) is 0 Å². The molecular weight excluding hydrogens is 162 g/mol. The summed E-state index contributed by atoms with van der Waals surface area (Å²) in [6.45, 7) is 0. The van der Waals surface area contributed by atoms with Crippen LogP contribution in [0.25, 0.3) is 10.4 Å². The molecule has 38 valence electrons. The van der Waals surface area contributed by atoms with Gasteiger partial charge in [-0.25, -0.2) is 0 Å². The van der Waals surface area contributed by atoms with E-state index >= 15 is 0 Å². The predicted octanol–water partition coefficient (Wildman–Crippen LogP) is 1.22. The fourth-order valence-electron chi connectivity index (χ4n) is 0.0766. The first-order chi connectivity index (χ1) is 3.31. The Bertz CT molecular complexity index is 116. The van der Waals surface area contributed by atoms with E-state index in [9.17, 15) is 4.79 Å². The number of azide groups is 1. The third-order valence-corrected chi connectivity index (χ3v) is 0.750. The Labute approximate surface area is 48.3 Å². The van der Waals surface area contributed by atoms with Crippen molar-refractivity contribution in [3.8, 4) is 0 Å². The van der Waals surface area contributed by atoms with Crippen LogP contribution in [0.5, 0.6) is 0 Å². The van der Waals surface area contributed by atoms with Gasteiger partial charge in [-0.1, -0.05) is 15.9 Å². The Hall–Kier alpha value is -0.540. The monoisotopic (exact) mass is 163 g/mol. The van der Waals surface area contributed by atoms with Gasteiger partial charge in [-0.05, 0) is 10.6 Å². The molecule has 0 aromatic heterocycles. The van der Waals surface area contributed by atoms with E-state index < -0.39 is 5.91 Å². The lowest BCUT2D eigenvalue weighted by Crippen LogP contribution is -1.88. The lowest BCUT2D eigenvalue weighted by molar-refractivity contribution is -0.115. The van der Waals surface area contributed by atoms with Crippen LogP contribution in [-0.4, -0.2) is 11.2 Å². The van der Waals surface area contributed by atoms with Gasteiger partial charge in [0.2, 0.25) is 5.91 Å². The number of halogens is 1. The fourth-order valence-corrected chi connectivity index (χ4v) is 0.189. The van der Waals surface area contributed by atoms with Crippen LogP contribution in [-0.2, 0) is 4.79 Å². The first-order valence-electron chi connectivity index (χ1n) is 1.45. The molecule has 0 spiro atoms. The lowest BCUT2D eigenvalue weighted by atomic mass is 10.8. The van der Waals surface area contributed by atoms with Crippen molar-refractivity contribution in [3.05, 3.63) is 10.4 Å². The van der Waals surface area contributed by atoms with Crippen LogP contribution in [0, 0.1) is 0 Å². The van der Waals surface area contributed by atoms with Crippen molar-refractivity contribution in [2.45, 2.75) is 0 Å². The molecule has 0 bridgehead atoms. The molecule has 0 radical (unpaired) electrons. The summed E-state index contributed by atoms with van der Waals surface area (Å²) in [6.07, 6.45) is 0. The summed E-state index contributed by atoms with van der Waals surface area (Å²) < 4.78 is 0. The first-order valence-corrected chi connectivity index (χ1v) is 2.57. The third kappa shape index (κ3) is 3.29. The highest BCUT2D eigenvalue weighted by Gasteiger charge is 1.87. The number of hydrogen-bond donors (Lipinski definition) is 0. The molecule has 0 unspecified atom stereocenters. The van der Waals surface area contributed by atoms with Crippen molar-refractivity contribution in [3.63, 3.8) is 0 Å². The molecular formula is C2H2BrN3O. The Morgan fingerprint density at radius 1 is 2.00 bits per heavy atom. The van der Waals surface area contributed by atoms with Gasteiger partial charge in [-0.2, -0.15) is 0 Å². The molecule has 0 heterocycles. The highest BCUT2D eigenvalue weighted by Crippen LogP contribution is 1.82. The Kier molecular flexibility index (Phi) is 3.36. The largest absolute Gasteiger partial charge is 0.292 e. The van der Waals surface area contributed by atoms with E-state index in [0.29, 0.717) is 0 Å². The van der Waals surface area contributed by atoms with Gasteiger partial charge in [-0.3, -0.25) is 4.79 Å². The van der Waals surface area contributed by atoms with Crippen molar-refractivity contribution in [1.82, 2.24) is 0 Å². The zero-order chi connectivity index (χ0) is 5.70. The van der Waals surface area contributed by atoms with Crippen molar-refractivity contribution in [1.29, 1.82) is 0 Å². The highest BCUT2D eigenvalue weighted by molar-refractivity contribution is 9.09. The maximum Gasteiger partial charge on any atom is 0.229 e. The first kappa shape index (κ1) is 6.46. The highest BCUT2D eigenvalue weighted by atomic mass is 79.9. The van der Waals surface area contributed by atoms with Crippen LogP contribution in [0.2, 0.25) is 0 Å². The number of carbonyl (C=O) groups is 1. The summed E-state index contributed by atoms with van der Waals surface area (Å²) in [5.74, 6) is -0.498. The number of alkyl halides is 1. The molecule has 0 rings (SSSR count). The molecule has 0 fully saturated rings. The summed E-state index contributed by atoms with van der Waals surface area (Å²) >= 11 is 2.80. The number of rotatable bonds is 1. The molecule has 1 amide bonds. The summed E-state index contributed by atoms with van der Waals surface area (Å²) in [4.78, 5) is 12.2. The molecule has 0 aliphatic carbocycles. The van der Waals surface area contributed by atoms with Gasteiger partial charge in [-0.15, -0.1) is 0 Å². The van der Waals surface area contributed by atoms with E-state index in [1.807, 2.05) is 0 Å². The smallest absolute Gasteiger partial charge is 0.229 e. The van der Waals surface area contributed by atoms with E-state index in [1.54, 1.807) is 0 Å². The van der Waals surface area contributed by atoms with Crippen molar-refractivity contribution < 1.29 is 4.79 Å². The molecule has 7 heavy (non-hydrogen) atoms. The van der Waals surface area contributed by atoms with E-state index in [0.717, 1.165) is 0 Å². The molecule has 0 aliphatic heterocycles. The minimum Gasteiger partial charge on any atom is -0.292 e. The van der Waals surface area contributed by atoms with Crippen LogP contribution >= 0.6 is 15.9 Å². The molecule has 5 heteroatoms. The third-order valence-electron chi connectivity index (χ3n) is 0.271. The van der Waals surface area contributed by atoms with Gasteiger partial charge in [0, 0.05) is 4.91 Å². The molecule has 0 saturated carbocycles. The van der Waals surface area contributed by atoms with Crippen LogP contribution < -0.4 is 0 Å². The summed E-state index contributed by atoms with van der Waals surface area (Å²) in [7, 11) is 0. The van der Waals surface area contributed by atoms with Gasteiger partial charge >= 0.3 is 0 Å². The second-order valence-corrected chi connectivity index (χ2v) is 1.28. The molecule has 0 saturated heterocycles. The SMILES string of the molecule is [N-]=[N+]=NC(=O)CBr. The zero-order valence-electron chi connectivity index (χ0n) is 3.33. The van der Waals surface area contributed by atoms with E-state index in [-0.39, 0.29) is 5.33 Å². The fraction of sp³-hybridized carbons (Fsp3) is 0.500. The van der Waals surface area contributed by atoms with E-state index in [4.69, 9.17) is 5.53 Å². The Balaban J connectivity index is 3.58. The minimum atomic E-state index is -0.498. The second kappa shape index (κ2) is 3.64. The maximum atomic E-state index is 9.94. The van der Waals surface area contributed by atoms with Crippen molar-refractivity contribution in [2.75, 3.05) is 5.33 Å². The molecule has 0 aromatic rings. The average Bonchev–Trinajstić information content (AvgIpc) is 1.68. The average molecular weight is 164 g/mol. The van der Waals surface area contributed by atoms with Gasteiger partial charge in [0.05, 0.1) is 5.33 Å². The van der Waals surface area contributed by atoms with Gasteiger partial charge in [0.25, 0.3) is 0 Å². The topological polar surface area (TPSA) is 65.8 Å². The van der Waals surface area contributed by atoms with E-state index in [2.05, 4.69) is 26.0 Å². The van der Waals surface area contributed by atoms with Crippen LogP contribution in [0.3, 0.4) is 0 Å². The molecule has 0 N–H and O–H groups in total. The summed E-state index contributed by atoms with van der Waals surface area (Å²) in [5.41, 5.74) is 7.58. The molecule has 0 atom stereocenters. The number of carbonyl (C=O) groups excluding carboxylic acids is 1. The van der Waals surface area contributed by atoms with Crippen molar-refractivity contribution in [2.24, 2.45) is 5.11 Å². The second-order valence-electron chi connectivity index (χ2n) is 0.717. The maximum absolute atomic E-state index is 9.94. The van der Waals surface area contributed by atoms with E-state index in [1.165, 1.54) is 0 Å². The summed E-state index contributed by atoms with van der Waals surface area (Å²) in [5, 5.41) is 2.83. The number of amides is 1. The molecule has 0 aromatic carbocycles. The van der Waals surface area contributed by atoms with Gasteiger partial charge < -0.3 is 0 Å². The Morgan fingerprint density at radius 2 is 2.57 bits per heavy atom. The van der Waals surface area contributed by atoms with Gasteiger partial charge in [0.1, 0.15) is 0 Å². The molecule has 4 nitrogen and oxygen atoms in total. The quantitative estimate of drug-likeness (QED) is 0.248. The van der Waals surface area contributed by atoms with Crippen molar-refractivity contribution >= 4 is 21.8 Å². The Morgan fingerprint density at radius 3 is 2.71 bits per heavy atom. The van der Waals surface area contributed by atoms with Crippen LogP contribution in [0.4, 0.5) is 0 Å². The minimum absolute atomic E-state index is 0.0943. The molecule has 0 aliphatic rings. The zero-order valence-corrected chi connectivity index (χ0v) is 4.92. The normalized spacial score (nSPS) is 7.00. The number of nitrogens with zero attached hydrogens (tertiary/aromatic N) is 3. The lowest BCUT2D eigenvalue weighted by Gasteiger charge is -1.72. The number of hydrogen-bond acceptors (Lipinski definition) is 1. The standard InChI is InChI=1S/C2H2BrN3O/c3-1-2(7)5-6-4/h1H2. The summed E-state index contributed by atoms with van der Waals surface area (Å²) in [6, 6.07) is 0. The predicted molar refractivity (Wildman–Crippen MR) is 27.9 cm³/mol. The van der Waals surface area contributed by atoms with Crippen LogP contribution in [0.15, 0.2) is 5.11 Å².